The topological polar surface area (TPSA) is 76.3 Å². The largest absolute Gasteiger partial charge is 0.503 e. The lowest BCUT2D eigenvalue weighted by Gasteiger charge is -2.38. The highest BCUT2D eigenvalue weighted by Gasteiger charge is 2.38. The summed E-state index contributed by atoms with van der Waals surface area (Å²) >= 11 is 0. The van der Waals surface area contributed by atoms with Crippen LogP contribution in [-0.4, -0.2) is 50.7 Å². The van der Waals surface area contributed by atoms with Crippen LogP contribution >= 0.6 is 0 Å². The van der Waals surface area contributed by atoms with Crippen molar-refractivity contribution >= 4 is 17.0 Å². The molecule has 0 bridgehead atoms. The number of aromatic nitrogens is 4. The second kappa shape index (κ2) is 9.45. The number of aromatic hydroxyl groups is 1. The Morgan fingerprint density at radius 1 is 1.14 bits per heavy atom. The Morgan fingerprint density at radius 2 is 1.89 bits per heavy atom. The van der Waals surface area contributed by atoms with Crippen molar-refractivity contribution in [3.63, 3.8) is 0 Å². The molecule has 2 aromatic heterocycles. The first kappa shape index (κ1) is 24.7. The van der Waals surface area contributed by atoms with Gasteiger partial charge in [-0.2, -0.15) is 23.3 Å². The molecule has 3 heterocycles. The van der Waals surface area contributed by atoms with Crippen molar-refractivity contribution in [1.82, 2.24) is 19.7 Å². The van der Waals surface area contributed by atoms with Crippen LogP contribution in [0.3, 0.4) is 0 Å². The van der Waals surface area contributed by atoms with Crippen LogP contribution in [0, 0.1) is 17.6 Å². The summed E-state index contributed by atoms with van der Waals surface area (Å²) in [4.78, 5) is 11.1. The van der Waals surface area contributed by atoms with Gasteiger partial charge >= 0.3 is 6.18 Å². The lowest BCUT2D eigenvalue weighted by atomic mass is 9.84. The first-order valence-electron chi connectivity index (χ1n) is 12.0. The first-order valence-corrected chi connectivity index (χ1v) is 12.0. The highest BCUT2D eigenvalue weighted by molar-refractivity contribution is 5.91. The molecule has 1 aliphatic carbocycles. The second-order valence-electron chi connectivity index (χ2n) is 9.49. The number of hydrogen-bond acceptors (Lipinski definition) is 6. The maximum Gasteiger partial charge on any atom is 0.419 e. The molecule has 0 spiro atoms. The fourth-order valence-corrected chi connectivity index (χ4v) is 5.29. The highest BCUT2D eigenvalue weighted by atomic mass is 19.4. The van der Waals surface area contributed by atoms with Crippen molar-refractivity contribution in [2.24, 2.45) is 13.0 Å². The first-order chi connectivity index (χ1) is 17.1. The molecule has 1 atom stereocenters. The predicted octanol–water partition coefficient (Wildman–Crippen LogP) is 5.21. The summed E-state index contributed by atoms with van der Waals surface area (Å²) in [5, 5.41) is 14.0. The standard InChI is InChI=1S/C24H26F5N5O2/c1-33-22-16(20(32-33)15-10-17(24(27,28)29)19(26)21(35)18(15)25)11-30-23(31-22)34-7-8-36-12-14(34)9-13-5-3-2-4-6-13/h10-11,13-14,35H,2-9,12H2,1H3/t14-/m0/s1. The van der Waals surface area contributed by atoms with Crippen LogP contribution in [0.25, 0.3) is 22.3 Å². The number of alkyl halides is 3. The third-order valence-electron chi connectivity index (χ3n) is 7.12. The predicted molar refractivity (Wildman–Crippen MR) is 121 cm³/mol. The summed E-state index contributed by atoms with van der Waals surface area (Å²) in [6.45, 7) is 1.65. The van der Waals surface area contributed by atoms with Gasteiger partial charge in [-0.25, -0.2) is 18.4 Å². The Bertz CT molecular complexity index is 1270. The van der Waals surface area contributed by atoms with Gasteiger partial charge in [-0.3, -0.25) is 0 Å². The summed E-state index contributed by atoms with van der Waals surface area (Å²) < 4.78 is 75.6. The van der Waals surface area contributed by atoms with Crippen LogP contribution in [0.1, 0.15) is 44.1 Å². The molecule has 5 rings (SSSR count). The molecule has 7 nitrogen and oxygen atoms in total. The number of benzene rings is 1. The molecule has 2 fully saturated rings. The number of nitrogens with zero attached hydrogens (tertiary/aromatic N) is 5. The molecular formula is C24H26F5N5O2. The molecule has 2 aliphatic rings. The zero-order valence-electron chi connectivity index (χ0n) is 19.7. The quantitative estimate of drug-likeness (QED) is 0.485. The SMILES string of the molecule is Cn1nc(-c2cc(C(F)(F)F)c(F)c(O)c2F)c2cnc(N3CCOC[C@@H]3CC3CCCCC3)nc21. The van der Waals surface area contributed by atoms with Crippen LogP contribution < -0.4 is 4.90 Å². The Hall–Kier alpha value is -3.02. The van der Waals surface area contributed by atoms with Crippen molar-refractivity contribution in [2.75, 3.05) is 24.7 Å². The number of ether oxygens (including phenoxy) is 1. The number of phenolic OH excluding ortho intramolecular Hbond substituents is 1. The van der Waals surface area contributed by atoms with Gasteiger partial charge in [0.25, 0.3) is 0 Å². The number of morpholine rings is 1. The van der Waals surface area contributed by atoms with E-state index in [0.29, 0.717) is 37.7 Å². The van der Waals surface area contributed by atoms with E-state index in [4.69, 9.17) is 4.74 Å². The molecular weight excluding hydrogens is 485 g/mol. The molecule has 0 amide bonds. The van der Waals surface area contributed by atoms with Gasteiger partial charge in [-0.15, -0.1) is 0 Å². The number of aryl methyl sites for hydroxylation is 1. The zero-order valence-corrected chi connectivity index (χ0v) is 19.7. The second-order valence-corrected chi connectivity index (χ2v) is 9.49. The molecule has 3 aromatic rings. The minimum absolute atomic E-state index is 0.0906. The van der Waals surface area contributed by atoms with Crippen LogP contribution in [0.2, 0.25) is 0 Å². The summed E-state index contributed by atoms with van der Waals surface area (Å²) in [7, 11) is 1.52. The number of halogens is 5. The Labute approximate surface area is 203 Å². The van der Waals surface area contributed by atoms with Gasteiger partial charge < -0.3 is 14.7 Å². The molecule has 1 N–H and O–H groups in total. The molecule has 36 heavy (non-hydrogen) atoms. The normalized spacial score (nSPS) is 19.8. The van der Waals surface area contributed by atoms with Gasteiger partial charge in [0.1, 0.15) is 5.69 Å². The molecule has 0 radical (unpaired) electrons. The number of phenols is 1. The van der Waals surface area contributed by atoms with Gasteiger partial charge in [0, 0.05) is 25.4 Å². The van der Waals surface area contributed by atoms with Gasteiger partial charge in [-0.05, 0) is 18.4 Å². The van der Waals surface area contributed by atoms with E-state index >= 15 is 0 Å². The van der Waals surface area contributed by atoms with Crippen LogP contribution in [0.5, 0.6) is 5.75 Å². The van der Waals surface area contributed by atoms with Crippen LogP contribution in [0.4, 0.5) is 27.9 Å². The van der Waals surface area contributed by atoms with Crippen molar-refractivity contribution in [2.45, 2.75) is 50.7 Å². The maximum atomic E-state index is 14.7. The average Bonchev–Trinajstić information content (AvgIpc) is 3.18. The summed E-state index contributed by atoms with van der Waals surface area (Å²) in [5.41, 5.74) is -2.43. The number of rotatable bonds is 4. The van der Waals surface area contributed by atoms with E-state index in [0.717, 1.165) is 6.42 Å². The third kappa shape index (κ3) is 4.46. The summed E-state index contributed by atoms with van der Waals surface area (Å²) in [5.74, 6) is -4.28. The lowest BCUT2D eigenvalue weighted by molar-refractivity contribution is -0.140. The minimum atomic E-state index is -5.14. The molecule has 194 valence electrons. The molecule has 12 heteroatoms. The Morgan fingerprint density at radius 3 is 2.61 bits per heavy atom. The van der Waals surface area contributed by atoms with E-state index in [-0.39, 0.29) is 22.8 Å². The smallest absolute Gasteiger partial charge is 0.419 e. The molecule has 1 aliphatic heterocycles. The van der Waals surface area contributed by atoms with E-state index in [1.54, 1.807) is 0 Å². The van der Waals surface area contributed by atoms with E-state index in [1.165, 1.54) is 50.0 Å². The number of hydrogen-bond donors (Lipinski definition) is 1. The fraction of sp³-hybridized carbons (Fsp3) is 0.542. The summed E-state index contributed by atoms with van der Waals surface area (Å²) in [6, 6.07) is 0.398. The Balaban J connectivity index is 1.53. The van der Waals surface area contributed by atoms with E-state index in [1.807, 2.05) is 0 Å². The zero-order chi connectivity index (χ0) is 25.6. The highest BCUT2D eigenvalue weighted by Crippen LogP contribution is 2.41. The van der Waals surface area contributed by atoms with Gasteiger partial charge in [0.2, 0.25) is 5.95 Å². The minimum Gasteiger partial charge on any atom is -0.503 e. The van der Waals surface area contributed by atoms with Gasteiger partial charge in [0.15, 0.2) is 23.0 Å². The van der Waals surface area contributed by atoms with Gasteiger partial charge in [0.05, 0.1) is 30.2 Å². The van der Waals surface area contributed by atoms with E-state index in [9.17, 15) is 27.1 Å². The van der Waals surface area contributed by atoms with E-state index in [2.05, 4.69) is 20.0 Å². The molecule has 1 saturated heterocycles. The van der Waals surface area contributed by atoms with Crippen molar-refractivity contribution in [1.29, 1.82) is 0 Å². The molecule has 1 saturated carbocycles. The maximum absolute atomic E-state index is 14.7. The molecule has 1 aromatic carbocycles. The monoisotopic (exact) mass is 511 g/mol. The number of fused-ring (bicyclic) bond motifs is 1. The number of anilines is 1. The molecule has 0 unspecified atom stereocenters. The average molecular weight is 511 g/mol. The van der Waals surface area contributed by atoms with Crippen molar-refractivity contribution in [3.8, 4) is 17.0 Å². The van der Waals surface area contributed by atoms with Crippen molar-refractivity contribution in [3.05, 3.63) is 29.5 Å². The van der Waals surface area contributed by atoms with E-state index < -0.39 is 34.7 Å². The Kier molecular flexibility index (Phi) is 6.48. The third-order valence-corrected chi connectivity index (χ3v) is 7.12. The van der Waals surface area contributed by atoms with Gasteiger partial charge in [-0.1, -0.05) is 32.1 Å². The lowest BCUT2D eigenvalue weighted by Crippen LogP contribution is -2.47. The van der Waals surface area contributed by atoms with Crippen LogP contribution in [0.15, 0.2) is 12.3 Å². The summed E-state index contributed by atoms with van der Waals surface area (Å²) in [6.07, 6.45) is 3.28. The fourth-order valence-electron chi connectivity index (χ4n) is 5.29. The van der Waals surface area contributed by atoms with Crippen LogP contribution in [-0.2, 0) is 18.0 Å². The van der Waals surface area contributed by atoms with Crippen molar-refractivity contribution < 1.29 is 31.8 Å².